The molecular weight excluding hydrogens is 166 g/mol. The molecule has 70 valence electrons. The van der Waals surface area contributed by atoms with Crippen LogP contribution in [0.3, 0.4) is 0 Å². The van der Waals surface area contributed by atoms with E-state index < -0.39 is 24.9 Å². The van der Waals surface area contributed by atoms with Crippen molar-refractivity contribution in [2.24, 2.45) is 0 Å². The number of amides is 1. The lowest BCUT2D eigenvalue weighted by atomic mass is 10.2. The summed E-state index contributed by atoms with van der Waals surface area (Å²) >= 11 is 0. The molecule has 3 nitrogen and oxygen atoms in total. The number of alkyl halides is 2. The van der Waals surface area contributed by atoms with Gasteiger partial charge in [-0.1, -0.05) is 0 Å². The first-order valence-corrected chi connectivity index (χ1v) is 3.94. The Balaban J connectivity index is 2.41. The number of nitrogens with one attached hydrogen (secondary N) is 2. The maximum absolute atomic E-state index is 12.6. The number of hydrogen-bond donors (Lipinski definition) is 2. The topological polar surface area (TPSA) is 41.1 Å². The highest BCUT2D eigenvalue weighted by Crippen LogP contribution is 2.24. The van der Waals surface area contributed by atoms with Gasteiger partial charge in [-0.25, -0.2) is 8.78 Å². The van der Waals surface area contributed by atoms with Gasteiger partial charge in [0.2, 0.25) is 5.91 Å². The molecule has 0 unspecified atom stereocenters. The largest absolute Gasteiger partial charge is 0.355 e. The first kappa shape index (κ1) is 9.38. The molecule has 1 saturated heterocycles. The predicted octanol–water partition coefficient (Wildman–Crippen LogP) is 0.120. The Kier molecular flexibility index (Phi) is 2.62. The van der Waals surface area contributed by atoms with E-state index in [4.69, 9.17) is 0 Å². The molecule has 0 saturated carbocycles. The second-order valence-electron chi connectivity index (χ2n) is 2.89. The third-order valence-electron chi connectivity index (χ3n) is 1.78. The van der Waals surface area contributed by atoms with Crippen molar-refractivity contribution in [2.45, 2.75) is 25.3 Å². The summed E-state index contributed by atoms with van der Waals surface area (Å²) in [6.45, 7) is 1.84. The van der Waals surface area contributed by atoms with Crippen LogP contribution in [0.15, 0.2) is 0 Å². The summed E-state index contributed by atoms with van der Waals surface area (Å²) in [5.41, 5.74) is 0. The summed E-state index contributed by atoms with van der Waals surface area (Å²) in [5, 5.41) is 4.96. The van der Waals surface area contributed by atoms with Crippen LogP contribution in [0.5, 0.6) is 0 Å². The van der Waals surface area contributed by atoms with Crippen LogP contribution >= 0.6 is 0 Å². The lowest BCUT2D eigenvalue weighted by Gasteiger charge is -2.08. The fourth-order valence-electron chi connectivity index (χ4n) is 1.20. The van der Waals surface area contributed by atoms with Crippen molar-refractivity contribution in [3.8, 4) is 0 Å². The Labute approximate surface area is 69.5 Å². The second-order valence-corrected chi connectivity index (χ2v) is 2.89. The fourth-order valence-corrected chi connectivity index (χ4v) is 1.20. The van der Waals surface area contributed by atoms with E-state index in [-0.39, 0.29) is 5.91 Å². The van der Waals surface area contributed by atoms with Gasteiger partial charge in [-0.05, 0) is 6.92 Å². The molecule has 1 rings (SSSR count). The van der Waals surface area contributed by atoms with Crippen LogP contribution in [0, 0.1) is 0 Å². The number of likely N-dealkylation sites (N-methyl/N-ethyl adjacent to an activating group) is 1. The van der Waals surface area contributed by atoms with Gasteiger partial charge in [0.1, 0.15) is 0 Å². The number of carbonyl (C=O) groups excluding carboxylic acids is 1. The highest BCUT2D eigenvalue weighted by Gasteiger charge is 2.41. The lowest BCUT2D eigenvalue weighted by molar-refractivity contribution is -0.123. The molecule has 12 heavy (non-hydrogen) atoms. The van der Waals surface area contributed by atoms with Gasteiger partial charge >= 0.3 is 0 Å². The van der Waals surface area contributed by atoms with Crippen molar-refractivity contribution in [1.29, 1.82) is 0 Å². The van der Waals surface area contributed by atoms with E-state index in [1.165, 1.54) is 0 Å². The number of halogens is 2. The third-order valence-corrected chi connectivity index (χ3v) is 1.78. The molecule has 1 aliphatic heterocycles. The molecular formula is C7H12F2N2O. The molecule has 0 aliphatic carbocycles. The van der Waals surface area contributed by atoms with Crippen LogP contribution in [0.1, 0.15) is 13.3 Å². The maximum atomic E-state index is 12.6. The highest BCUT2D eigenvalue weighted by atomic mass is 19.3. The summed E-state index contributed by atoms with van der Waals surface area (Å²) in [6.07, 6.45) is -0.390. The molecule has 1 heterocycles. The molecule has 1 fully saturated rings. The average molecular weight is 178 g/mol. The zero-order chi connectivity index (χ0) is 9.19. The quantitative estimate of drug-likeness (QED) is 0.630. The Morgan fingerprint density at radius 2 is 2.42 bits per heavy atom. The van der Waals surface area contributed by atoms with E-state index in [1.807, 2.05) is 0 Å². The van der Waals surface area contributed by atoms with Gasteiger partial charge in [0.05, 0.1) is 12.6 Å². The molecule has 5 heteroatoms. The molecule has 0 aromatic rings. The Morgan fingerprint density at radius 3 is 2.83 bits per heavy atom. The van der Waals surface area contributed by atoms with E-state index in [9.17, 15) is 13.6 Å². The van der Waals surface area contributed by atoms with Gasteiger partial charge in [0.25, 0.3) is 5.92 Å². The smallest absolute Gasteiger partial charge is 0.262 e. The Hall–Kier alpha value is -0.710. The van der Waals surface area contributed by atoms with Crippen LogP contribution in [0.25, 0.3) is 0 Å². The first-order chi connectivity index (χ1) is 5.55. The molecule has 1 amide bonds. The van der Waals surface area contributed by atoms with Crippen molar-refractivity contribution in [3.63, 3.8) is 0 Å². The maximum Gasteiger partial charge on any atom is 0.262 e. The minimum absolute atomic E-state index is 0.338. The van der Waals surface area contributed by atoms with E-state index in [2.05, 4.69) is 10.6 Å². The number of carbonyl (C=O) groups is 1. The minimum atomic E-state index is -2.73. The van der Waals surface area contributed by atoms with Crippen molar-refractivity contribution < 1.29 is 13.6 Å². The Morgan fingerprint density at radius 1 is 1.75 bits per heavy atom. The van der Waals surface area contributed by atoms with E-state index in [1.54, 1.807) is 6.92 Å². The molecule has 0 aromatic carbocycles. The average Bonchev–Trinajstić information content (AvgIpc) is 2.31. The molecule has 0 bridgehead atoms. The van der Waals surface area contributed by atoms with E-state index >= 15 is 0 Å². The van der Waals surface area contributed by atoms with Crippen LogP contribution in [0.2, 0.25) is 0 Å². The molecule has 0 spiro atoms. The second kappa shape index (κ2) is 3.35. The normalized spacial score (nSPS) is 27.1. The van der Waals surface area contributed by atoms with E-state index in [0.29, 0.717) is 6.54 Å². The number of rotatable bonds is 2. The summed E-state index contributed by atoms with van der Waals surface area (Å²) in [5.74, 6) is -3.06. The third kappa shape index (κ3) is 2.14. The SMILES string of the molecule is CCNC(=O)[C@H]1CC(F)(F)CN1. The van der Waals surface area contributed by atoms with Gasteiger partial charge in [0, 0.05) is 13.0 Å². The van der Waals surface area contributed by atoms with Gasteiger partial charge in [-0.3, -0.25) is 10.1 Å². The monoisotopic (exact) mass is 178 g/mol. The van der Waals surface area contributed by atoms with Gasteiger partial charge in [-0.15, -0.1) is 0 Å². The fraction of sp³-hybridized carbons (Fsp3) is 0.857. The predicted molar refractivity (Wildman–Crippen MR) is 40.0 cm³/mol. The van der Waals surface area contributed by atoms with Crippen LogP contribution in [-0.2, 0) is 4.79 Å². The van der Waals surface area contributed by atoms with E-state index in [0.717, 1.165) is 0 Å². The van der Waals surface area contributed by atoms with Crippen molar-refractivity contribution in [1.82, 2.24) is 10.6 Å². The summed E-state index contributed by atoms with van der Waals surface area (Å²) in [7, 11) is 0. The molecule has 0 radical (unpaired) electrons. The van der Waals surface area contributed by atoms with Crippen molar-refractivity contribution in [2.75, 3.05) is 13.1 Å². The zero-order valence-electron chi connectivity index (χ0n) is 6.86. The standard InChI is InChI=1S/C7H12F2N2O/c1-2-10-6(12)5-3-7(8,9)4-11-5/h5,11H,2-4H2,1H3,(H,10,12)/t5-/m1/s1. The molecule has 1 aliphatic rings. The van der Waals surface area contributed by atoms with Gasteiger partial charge in [-0.2, -0.15) is 0 Å². The molecule has 1 atom stereocenters. The van der Waals surface area contributed by atoms with Crippen molar-refractivity contribution in [3.05, 3.63) is 0 Å². The summed E-state index contributed by atoms with van der Waals surface area (Å²) in [4.78, 5) is 11.0. The van der Waals surface area contributed by atoms with Crippen LogP contribution in [-0.4, -0.2) is 31.0 Å². The zero-order valence-corrected chi connectivity index (χ0v) is 6.86. The van der Waals surface area contributed by atoms with Gasteiger partial charge in [0.15, 0.2) is 0 Å². The summed E-state index contributed by atoms with van der Waals surface area (Å²) < 4.78 is 25.1. The highest BCUT2D eigenvalue weighted by molar-refractivity contribution is 5.82. The van der Waals surface area contributed by atoms with Crippen LogP contribution < -0.4 is 10.6 Å². The molecule has 2 N–H and O–H groups in total. The van der Waals surface area contributed by atoms with Crippen molar-refractivity contribution >= 4 is 5.91 Å². The Bertz CT molecular complexity index is 184. The first-order valence-electron chi connectivity index (χ1n) is 3.94. The lowest BCUT2D eigenvalue weighted by Crippen LogP contribution is -2.40. The van der Waals surface area contributed by atoms with Crippen LogP contribution in [0.4, 0.5) is 8.78 Å². The summed E-state index contributed by atoms with van der Waals surface area (Å²) in [6, 6.07) is -0.722. The minimum Gasteiger partial charge on any atom is -0.355 e. The molecule has 0 aromatic heterocycles. The number of hydrogen-bond acceptors (Lipinski definition) is 2. The van der Waals surface area contributed by atoms with Gasteiger partial charge < -0.3 is 5.32 Å².